The molecule has 1 N–H and O–H groups in total. The molecule has 0 aliphatic carbocycles. The number of nitrogens with zero attached hydrogens (tertiary/aromatic N) is 3. The quantitative estimate of drug-likeness (QED) is 0.302. The van der Waals surface area contributed by atoms with Gasteiger partial charge in [0.05, 0.1) is 19.2 Å². The molecule has 1 atom stereocenters. The molecule has 3 heterocycles. The number of anilines is 1. The molecule has 2 fully saturated rings. The average molecular weight is 569 g/mol. The maximum absolute atomic E-state index is 13.5. The van der Waals surface area contributed by atoms with Crippen molar-refractivity contribution in [1.82, 2.24) is 14.4 Å². The van der Waals surface area contributed by atoms with Crippen molar-refractivity contribution in [2.75, 3.05) is 32.6 Å². The van der Waals surface area contributed by atoms with E-state index in [9.17, 15) is 14.4 Å². The number of imide groups is 1. The Morgan fingerprint density at radius 1 is 0.881 bits per heavy atom. The van der Waals surface area contributed by atoms with Crippen molar-refractivity contribution in [3.8, 4) is 5.75 Å². The van der Waals surface area contributed by atoms with Gasteiger partial charge < -0.3 is 14.5 Å². The number of rotatable bonds is 8. The Hall–Kier alpha value is -4.37. The number of oxazole rings is 1. The first-order chi connectivity index (χ1) is 20.4. The summed E-state index contributed by atoms with van der Waals surface area (Å²) in [6.45, 7) is 2.90. The second-order valence-electron chi connectivity index (χ2n) is 11.2. The van der Waals surface area contributed by atoms with E-state index in [1.54, 1.807) is 19.2 Å². The van der Waals surface area contributed by atoms with Crippen LogP contribution in [0.1, 0.15) is 54.3 Å². The standard InChI is InChI=1S/C33H36N4O5/c1-34-26-8-6-24(7-9-26)25-15-17-35(18-16-25)20-23-5-12-28-30(19-23)42-33(40)37(28)29-13-14-31(38)36(32(29)39)21-22-3-10-27(41-2)11-4-22/h3-12,19,25,29,34H,13-18,20-21H2,1-2H3. The highest BCUT2D eigenvalue weighted by Gasteiger charge is 2.37. The van der Waals surface area contributed by atoms with Gasteiger partial charge in [0.2, 0.25) is 5.91 Å². The van der Waals surface area contributed by atoms with E-state index in [0.29, 0.717) is 22.8 Å². The number of fused-ring (bicyclic) bond motifs is 1. The summed E-state index contributed by atoms with van der Waals surface area (Å²) < 4.78 is 12.3. The van der Waals surface area contributed by atoms with Gasteiger partial charge in [-0.05, 0) is 91.4 Å². The summed E-state index contributed by atoms with van der Waals surface area (Å²) in [4.78, 5) is 42.9. The highest BCUT2D eigenvalue weighted by Crippen LogP contribution is 2.31. The van der Waals surface area contributed by atoms with Crippen LogP contribution in [0.4, 0.5) is 5.69 Å². The molecule has 3 aromatic carbocycles. The van der Waals surface area contributed by atoms with Crippen LogP contribution < -0.4 is 15.8 Å². The molecule has 2 amide bonds. The predicted molar refractivity (Wildman–Crippen MR) is 161 cm³/mol. The molecule has 1 aromatic heterocycles. The normalized spacial score (nSPS) is 18.5. The number of amides is 2. The molecule has 2 aliphatic heterocycles. The lowest BCUT2D eigenvalue weighted by molar-refractivity contribution is -0.151. The van der Waals surface area contributed by atoms with Gasteiger partial charge in [-0.25, -0.2) is 4.79 Å². The summed E-state index contributed by atoms with van der Waals surface area (Å²) in [6.07, 6.45) is 2.64. The number of carbonyl (C=O) groups excluding carboxylic acids is 2. The van der Waals surface area contributed by atoms with Gasteiger partial charge in [0, 0.05) is 25.7 Å². The van der Waals surface area contributed by atoms with Crippen LogP contribution in [0.25, 0.3) is 11.1 Å². The molecule has 0 saturated carbocycles. The SMILES string of the molecule is CNc1ccc(C2CCN(Cc3ccc4c(c3)oc(=O)n4C3CCC(=O)N(Cc4ccc(OC)cc4)C3=O)CC2)cc1. The molecule has 1 unspecified atom stereocenters. The van der Waals surface area contributed by atoms with E-state index in [-0.39, 0.29) is 31.2 Å². The number of benzene rings is 3. The fraction of sp³-hybridized carbons (Fsp3) is 0.364. The summed E-state index contributed by atoms with van der Waals surface area (Å²) in [5.41, 5.74) is 5.42. The highest BCUT2D eigenvalue weighted by atomic mass is 16.5. The zero-order valence-corrected chi connectivity index (χ0v) is 24.0. The molecular weight excluding hydrogens is 532 g/mol. The lowest BCUT2D eigenvalue weighted by atomic mass is 9.89. The molecular formula is C33H36N4O5. The molecule has 218 valence electrons. The number of hydrogen-bond donors (Lipinski definition) is 1. The van der Waals surface area contributed by atoms with Crippen LogP contribution in [0.3, 0.4) is 0 Å². The third-order valence-electron chi connectivity index (χ3n) is 8.64. The number of nitrogens with one attached hydrogen (secondary N) is 1. The first-order valence-corrected chi connectivity index (χ1v) is 14.5. The molecule has 42 heavy (non-hydrogen) atoms. The molecule has 2 aliphatic rings. The topological polar surface area (TPSA) is 97.0 Å². The molecule has 2 saturated heterocycles. The largest absolute Gasteiger partial charge is 0.497 e. The van der Waals surface area contributed by atoms with Gasteiger partial charge in [0.25, 0.3) is 5.91 Å². The van der Waals surface area contributed by atoms with Crippen LogP contribution in [0.2, 0.25) is 0 Å². The second-order valence-corrected chi connectivity index (χ2v) is 11.2. The first-order valence-electron chi connectivity index (χ1n) is 14.5. The Morgan fingerprint density at radius 2 is 1.60 bits per heavy atom. The van der Waals surface area contributed by atoms with Gasteiger partial charge in [0.15, 0.2) is 5.58 Å². The molecule has 9 heteroatoms. The van der Waals surface area contributed by atoms with Crippen LogP contribution in [0, 0.1) is 0 Å². The fourth-order valence-electron chi connectivity index (χ4n) is 6.22. The Kier molecular flexibility index (Phi) is 7.84. The van der Waals surface area contributed by atoms with Crippen molar-refractivity contribution in [1.29, 1.82) is 0 Å². The van der Waals surface area contributed by atoms with Crippen LogP contribution in [0.15, 0.2) is 75.9 Å². The smallest absolute Gasteiger partial charge is 0.420 e. The molecule has 0 radical (unpaired) electrons. The minimum absolute atomic E-state index is 0.144. The summed E-state index contributed by atoms with van der Waals surface area (Å²) in [5.74, 6) is 0.0485. The van der Waals surface area contributed by atoms with Gasteiger partial charge in [-0.3, -0.25) is 24.0 Å². The zero-order valence-electron chi connectivity index (χ0n) is 24.0. The van der Waals surface area contributed by atoms with Crippen molar-refractivity contribution in [3.05, 3.63) is 94.0 Å². The van der Waals surface area contributed by atoms with Crippen LogP contribution in [-0.4, -0.2) is 53.4 Å². The van der Waals surface area contributed by atoms with Crippen molar-refractivity contribution >= 4 is 28.6 Å². The van der Waals surface area contributed by atoms with E-state index in [2.05, 4.69) is 34.5 Å². The maximum Gasteiger partial charge on any atom is 0.420 e. The first kappa shape index (κ1) is 27.8. The van der Waals surface area contributed by atoms with Crippen molar-refractivity contribution < 1.29 is 18.7 Å². The summed E-state index contributed by atoms with van der Waals surface area (Å²) in [7, 11) is 3.52. The third kappa shape index (κ3) is 5.56. The molecule has 9 nitrogen and oxygen atoms in total. The maximum atomic E-state index is 13.5. The van der Waals surface area contributed by atoms with E-state index in [0.717, 1.165) is 49.3 Å². The molecule has 4 aromatic rings. The minimum atomic E-state index is -0.790. The van der Waals surface area contributed by atoms with Gasteiger partial charge >= 0.3 is 5.76 Å². The number of carbonyl (C=O) groups is 2. The van der Waals surface area contributed by atoms with Gasteiger partial charge in [-0.1, -0.05) is 30.3 Å². The third-order valence-corrected chi connectivity index (χ3v) is 8.64. The Balaban J connectivity index is 1.14. The van der Waals surface area contributed by atoms with Gasteiger partial charge in [0.1, 0.15) is 11.8 Å². The highest BCUT2D eigenvalue weighted by molar-refractivity contribution is 6.00. The van der Waals surface area contributed by atoms with Crippen molar-refractivity contribution in [2.45, 2.75) is 50.7 Å². The van der Waals surface area contributed by atoms with E-state index >= 15 is 0 Å². The lowest BCUT2D eigenvalue weighted by Gasteiger charge is -2.32. The Bertz CT molecular complexity index is 1630. The average Bonchev–Trinajstić information content (AvgIpc) is 3.34. The molecule has 6 rings (SSSR count). The van der Waals surface area contributed by atoms with E-state index in [1.807, 2.05) is 37.4 Å². The van der Waals surface area contributed by atoms with Crippen LogP contribution in [0.5, 0.6) is 5.75 Å². The van der Waals surface area contributed by atoms with Crippen LogP contribution in [-0.2, 0) is 22.7 Å². The summed E-state index contributed by atoms with van der Waals surface area (Å²) >= 11 is 0. The Labute approximate surface area is 244 Å². The summed E-state index contributed by atoms with van der Waals surface area (Å²) in [6, 6.07) is 20.9. The number of piperidine rings is 2. The Morgan fingerprint density at radius 3 is 2.29 bits per heavy atom. The predicted octanol–water partition coefficient (Wildman–Crippen LogP) is 4.91. The van der Waals surface area contributed by atoms with E-state index in [4.69, 9.17) is 9.15 Å². The number of likely N-dealkylation sites (tertiary alicyclic amines) is 2. The number of hydrogen-bond acceptors (Lipinski definition) is 7. The number of aromatic nitrogens is 1. The van der Waals surface area contributed by atoms with Gasteiger partial charge in [-0.2, -0.15) is 0 Å². The minimum Gasteiger partial charge on any atom is -0.497 e. The van der Waals surface area contributed by atoms with Crippen LogP contribution >= 0.6 is 0 Å². The van der Waals surface area contributed by atoms with E-state index in [1.165, 1.54) is 15.0 Å². The number of ether oxygens (including phenoxy) is 1. The zero-order chi connectivity index (χ0) is 29.2. The lowest BCUT2D eigenvalue weighted by Crippen LogP contribution is -2.46. The van der Waals surface area contributed by atoms with E-state index < -0.39 is 11.8 Å². The monoisotopic (exact) mass is 568 g/mol. The number of methoxy groups -OCH3 is 1. The second kappa shape index (κ2) is 11.9. The fourth-order valence-corrected chi connectivity index (χ4v) is 6.22. The molecule has 0 spiro atoms. The van der Waals surface area contributed by atoms with Gasteiger partial charge in [-0.15, -0.1) is 0 Å². The van der Waals surface area contributed by atoms with Crippen molar-refractivity contribution in [3.63, 3.8) is 0 Å². The molecule has 0 bridgehead atoms. The summed E-state index contributed by atoms with van der Waals surface area (Å²) in [5, 5.41) is 3.17. The van der Waals surface area contributed by atoms with Crippen molar-refractivity contribution in [2.24, 2.45) is 0 Å².